The number of ether oxygens (including phenoxy) is 2. The van der Waals surface area contributed by atoms with E-state index in [0.29, 0.717) is 13.0 Å². The zero-order chi connectivity index (χ0) is 49.4. The molecule has 0 rings (SSSR count). The summed E-state index contributed by atoms with van der Waals surface area (Å²) in [5.41, 5.74) is 5.41. The minimum Gasteiger partial charge on any atom is -0.457 e. The maximum Gasteiger partial charge on any atom is 0.472 e. The summed E-state index contributed by atoms with van der Waals surface area (Å²) < 4.78 is 33.7. The average Bonchev–Trinajstić information content (AvgIpc) is 3.33. The maximum absolute atomic E-state index is 12.7. The largest absolute Gasteiger partial charge is 0.472 e. The van der Waals surface area contributed by atoms with Crippen LogP contribution in [0.4, 0.5) is 0 Å². The van der Waals surface area contributed by atoms with E-state index in [4.69, 9.17) is 24.3 Å². The van der Waals surface area contributed by atoms with Crippen LogP contribution in [0.25, 0.3) is 0 Å². The zero-order valence-corrected chi connectivity index (χ0v) is 46.3. The van der Waals surface area contributed by atoms with Gasteiger partial charge in [0, 0.05) is 19.6 Å². The van der Waals surface area contributed by atoms with Crippen molar-refractivity contribution in [3.63, 3.8) is 0 Å². The third-order valence-electron chi connectivity index (χ3n) is 13.4. The molecule has 0 aromatic rings. The van der Waals surface area contributed by atoms with Gasteiger partial charge in [-0.25, -0.2) is 4.57 Å². The predicted molar refractivity (Wildman–Crippen MR) is 293 cm³/mol. The highest BCUT2D eigenvalue weighted by Gasteiger charge is 2.25. The Morgan fingerprint density at radius 2 is 0.779 bits per heavy atom. The average molecular weight is 983 g/mol. The molecule has 0 spiro atoms. The van der Waals surface area contributed by atoms with Crippen LogP contribution in [-0.4, -0.2) is 49.9 Å². The monoisotopic (exact) mass is 982 g/mol. The fraction of sp³-hybridized carbons (Fsp3) is 0.915. The smallest absolute Gasteiger partial charge is 0.457 e. The van der Waals surface area contributed by atoms with Crippen molar-refractivity contribution in [2.24, 2.45) is 5.73 Å². The Labute approximate surface area is 423 Å². The van der Waals surface area contributed by atoms with Gasteiger partial charge in [0.25, 0.3) is 0 Å². The van der Waals surface area contributed by atoms with Crippen molar-refractivity contribution in [1.29, 1.82) is 0 Å². The van der Waals surface area contributed by atoms with Gasteiger partial charge in [-0.05, 0) is 44.9 Å². The minimum absolute atomic E-state index is 0.0929. The molecule has 0 saturated heterocycles. The highest BCUT2D eigenvalue weighted by molar-refractivity contribution is 7.47. The summed E-state index contributed by atoms with van der Waals surface area (Å²) in [6.07, 6.45) is 68.1. The molecule has 2 atom stereocenters. The lowest BCUT2D eigenvalue weighted by atomic mass is 10.0. The van der Waals surface area contributed by atoms with Crippen LogP contribution in [-0.2, 0) is 27.9 Å². The highest BCUT2D eigenvalue weighted by Crippen LogP contribution is 2.43. The molecule has 0 radical (unpaired) electrons. The van der Waals surface area contributed by atoms with Crippen LogP contribution in [0, 0.1) is 0 Å². The molecule has 0 aromatic carbocycles. The van der Waals surface area contributed by atoms with Gasteiger partial charge in [0.05, 0.1) is 19.8 Å². The van der Waals surface area contributed by atoms with E-state index < -0.39 is 13.9 Å². The Kier molecular flexibility index (Phi) is 56.0. The first-order valence-electron chi connectivity index (χ1n) is 29.8. The van der Waals surface area contributed by atoms with E-state index in [2.05, 4.69) is 38.2 Å². The van der Waals surface area contributed by atoms with Crippen molar-refractivity contribution in [2.45, 2.75) is 315 Å². The van der Waals surface area contributed by atoms with E-state index in [1.165, 1.54) is 250 Å². The Bertz CT molecular complexity index is 1100. The van der Waals surface area contributed by atoms with Gasteiger partial charge < -0.3 is 20.1 Å². The van der Waals surface area contributed by atoms with E-state index in [1.807, 2.05) is 0 Å². The summed E-state index contributed by atoms with van der Waals surface area (Å²) in [6.45, 7) is 4.99. The van der Waals surface area contributed by atoms with Crippen molar-refractivity contribution < 1.29 is 32.8 Å². The van der Waals surface area contributed by atoms with E-state index in [0.717, 1.165) is 38.5 Å². The predicted octanol–water partition coefficient (Wildman–Crippen LogP) is 19.1. The normalized spacial score (nSPS) is 13.3. The van der Waals surface area contributed by atoms with E-state index >= 15 is 0 Å². The number of allylic oxidation sites excluding steroid dienone is 4. The molecular weight excluding hydrogens is 866 g/mol. The Balaban J connectivity index is 3.82. The van der Waals surface area contributed by atoms with E-state index in [9.17, 15) is 14.3 Å². The molecule has 0 fully saturated rings. The van der Waals surface area contributed by atoms with Crippen LogP contribution in [0.2, 0.25) is 0 Å². The van der Waals surface area contributed by atoms with Crippen molar-refractivity contribution >= 4 is 13.8 Å². The van der Waals surface area contributed by atoms with Crippen LogP contribution in [0.1, 0.15) is 309 Å². The maximum atomic E-state index is 12.7. The zero-order valence-electron chi connectivity index (χ0n) is 45.4. The second kappa shape index (κ2) is 56.9. The summed E-state index contributed by atoms with van der Waals surface area (Å²) in [7, 11) is -4.28. The number of hydrogen-bond donors (Lipinski definition) is 2. The Morgan fingerprint density at radius 1 is 0.441 bits per heavy atom. The number of carbonyl (C=O) groups is 1. The second-order valence-electron chi connectivity index (χ2n) is 20.2. The van der Waals surface area contributed by atoms with Crippen LogP contribution in [0.5, 0.6) is 0 Å². The molecule has 0 bridgehead atoms. The Hall–Kier alpha value is -1.02. The topological polar surface area (TPSA) is 117 Å². The first-order valence-corrected chi connectivity index (χ1v) is 31.3. The lowest BCUT2D eigenvalue weighted by Crippen LogP contribution is -2.28. The molecule has 9 heteroatoms. The van der Waals surface area contributed by atoms with Crippen molar-refractivity contribution in [3.05, 3.63) is 24.3 Å². The third kappa shape index (κ3) is 55.9. The SMILES string of the molecule is CCCCCCC/C=C\C/C=C\CCCCCCCCCCCCCC(=O)OC(COCCCCCCCCCCCCCCCCCCCCCCCCCCCC)COP(=O)(O)OCCN. The molecule has 404 valence electrons. The minimum atomic E-state index is -4.28. The molecule has 2 unspecified atom stereocenters. The molecule has 0 aromatic heterocycles. The molecule has 0 aliphatic heterocycles. The van der Waals surface area contributed by atoms with Crippen molar-refractivity contribution in [1.82, 2.24) is 0 Å². The van der Waals surface area contributed by atoms with Gasteiger partial charge in [-0.15, -0.1) is 0 Å². The van der Waals surface area contributed by atoms with Crippen LogP contribution in [0.15, 0.2) is 24.3 Å². The van der Waals surface area contributed by atoms with Gasteiger partial charge in [-0.3, -0.25) is 13.8 Å². The van der Waals surface area contributed by atoms with Gasteiger partial charge in [-0.1, -0.05) is 282 Å². The first-order chi connectivity index (χ1) is 33.4. The molecule has 0 amide bonds. The fourth-order valence-electron chi connectivity index (χ4n) is 8.97. The number of esters is 1. The number of carbonyl (C=O) groups excluding carboxylic acids is 1. The quantitative estimate of drug-likeness (QED) is 0.0268. The third-order valence-corrected chi connectivity index (χ3v) is 14.4. The van der Waals surface area contributed by atoms with Crippen LogP contribution < -0.4 is 5.73 Å². The second-order valence-corrected chi connectivity index (χ2v) is 21.7. The summed E-state index contributed by atoms with van der Waals surface area (Å²) >= 11 is 0. The summed E-state index contributed by atoms with van der Waals surface area (Å²) in [5, 5.41) is 0. The van der Waals surface area contributed by atoms with Gasteiger partial charge >= 0.3 is 13.8 Å². The summed E-state index contributed by atoms with van der Waals surface area (Å²) in [6, 6.07) is 0. The van der Waals surface area contributed by atoms with Gasteiger partial charge in [-0.2, -0.15) is 0 Å². The molecule has 0 heterocycles. The fourth-order valence-corrected chi connectivity index (χ4v) is 9.74. The summed E-state index contributed by atoms with van der Waals surface area (Å²) in [5.74, 6) is -0.325. The Morgan fingerprint density at radius 3 is 1.15 bits per heavy atom. The van der Waals surface area contributed by atoms with Crippen molar-refractivity contribution in [3.8, 4) is 0 Å². The number of phosphoric acid groups is 1. The van der Waals surface area contributed by atoms with Gasteiger partial charge in [0.15, 0.2) is 0 Å². The standard InChI is InChI=1S/C59H116NO7P/c1-3-5-7-9-11-13-15-17-19-21-23-25-27-28-29-31-33-35-37-39-41-43-45-47-49-51-54-64-56-58(57-66-68(62,63)65-55-53-60)67-59(61)52-50-48-46-44-42-40-38-36-34-32-30-26-24-22-20-18-16-14-12-10-8-6-4-2/h16,18,22,24,58H,3-15,17,19-21,23,25-57,60H2,1-2H3,(H,62,63)/b18-16-,24-22-. The number of nitrogens with two attached hydrogens (primary N) is 1. The molecule has 8 nitrogen and oxygen atoms in total. The number of hydrogen-bond acceptors (Lipinski definition) is 7. The van der Waals surface area contributed by atoms with E-state index in [-0.39, 0.29) is 32.3 Å². The molecule has 68 heavy (non-hydrogen) atoms. The lowest BCUT2D eigenvalue weighted by Gasteiger charge is -2.20. The number of rotatable bonds is 58. The highest BCUT2D eigenvalue weighted by atomic mass is 31.2. The molecule has 0 saturated carbocycles. The van der Waals surface area contributed by atoms with Gasteiger partial charge in [0.1, 0.15) is 6.10 Å². The molecule has 0 aliphatic carbocycles. The van der Waals surface area contributed by atoms with Crippen molar-refractivity contribution in [2.75, 3.05) is 33.0 Å². The number of phosphoric ester groups is 1. The van der Waals surface area contributed by atoms with Crippen LogP contribution in [0.3, 0.4) is 0 Å². The van der Waals surface area contributed by atoms with Crippen LogP contribution >= 0.6 is 7.82 Å². The number of unbranched alkanes of at least 4 members (excludes halogenated alkanes) is 41. The van der Waals surface area contributed by atoms with E-state index in [1.54, 1.807) is 0 Å². The first kappa shape index (κ1) is 67.0. The molecule has 0 aliphatic rings. The van der Waals surface area contributed by atoms with Gasteiger partial charge in [0.2, 0.25) is 0 Å². The molecular formula is C59H116NO7P. The lowest BCUT2D eigenvalue weighted by molar-refractivity contribution is -0.154. The summed E-state index contributed by atoms with van der Waals surface area (Å²) in [4.78, 5) is 22.7. The molecule has 3 N–H and O–H groups in total.